The third kappa shape index (κ3) is 5.08. The van der Waals surface area contributed by atoms with E-state index in [0.29, 0.717) is 11.8 Å². The lowest BCUT2D eigenvalue weighted by Gasteiger charge is -2.40. The number of hydrogen-bond acceptors (Lipinski definition) is 2. The van der Waals surface area contributed by atoms with E-state index in [1.165, 1.54) is 43.2 Å². The van der Waals surface area contributed by atoms with Gasteiger partial charge in [0.05, 0.1) is 5.60 Å². The molecule has 2 nitrogen and oxygen atoms in total. The highest BCUT2D eigenvalue weighted by atomic mass is 16.5. The quantitative estimate of drug-likeness (QED) is 0.523. The van der Waals surface area contributed by atoms with E-state index in [2.05, 4.69) is 45.0 Å². The van der Waals surface area contributed by atoms with Crippen LogP contribution in [0, 0.1) is 11.8 Å². The van der Waals surface area contributed by atoms with Gasteiger partial charge < -0.3 is 9.47 Å². The number of benzene rings is 1. The molecule has 25 heavy (non-hydrogen) atoms. The Morgan fingerprint density at radius 3 is 2.32 bits per heavy atom. The summed E-state index contributed by atoms with van der Waals surface area (Å²) in [4.78, 5) is 0. The van der Waals surface area contributed by atoms with E-state index in [4.69, 9.17) is 9.47 Å². The molecule has 0 radical (unpaired) electrons. The first-order valence-electron chi connectivity index (χ1n) is 10.2. The third-order valence-electron chi connectivity index (χ3n) is 6.28. The minimum Gasteiger partial charge on any atom is -0.385 e. The zero-order valence-electron chi connectivity index (χ0n) is 17.0. The van der Waals surface area contributed by atoms with Crippen molar-refractivity contribution >= 4 is 0 Å². The Morgan fingerprint density at radius 1 is 1.04 bits per heavy atom. The molecule has 0 N–H and O–H groups in total. The number of methoxy groups -OCH3 is 2. The van der Waals surface area contributed by atoms with Gasteiger partial charge in [0, 0.05) is 27.2 Å². The number of rotatable bonds is 9. The fourth-order valence-corrected chi connectivity index (χ4v) is 4.71. The van der Waals surface area contributed by atoms with Gasteiger partial charge in [-0.2, -0.15) is 0 Å². The van der Waals surface area contributed by atoms with Gasteiger partial charge >= 0.3 is 0 Å². The lowest BCUT2D eigenvalue weighted by Crippen LogP contribution is -2.35. The molecule has 1 aromatic carbocycles. The number of ether oxygens (including phenoxy) is 2. The van der Waals surface area contributed by atoms with Crippen molar-refractivity contribution in [1.29, 1.82) is 0 Å². The maximum atomic E-state index is 6.30. The van der Waals surface area contributed by atoms with E-state index in [1.54, 1.807) is 7.11 Å². The summed E-state index contributed by atoms with van der Waals surface area (Å²) < 4.78 is 11.8. The third-order valence-corrected chi connectivity index (χ3v) is 6.28. The van der Waals surface area contributed by atoms with Crippen molar-refractivity contribution in [3.8, 4) is 0 Å². The lowest BCUT2D eigenvalue weighted by molar-refractivity contribution is -0.0610. The maximum absolute atomic E-state index is 6.30. The molecule has 0 aliphatic heterocycles. The standard InChI is InChI=1S/C23H38O2/c1-18(2)21-13-9-10-14-22(21)23(25-5,15-16-24-4)17-19(3)20-11-7-6-8-12-20/h9-10,13-14,18-20H,6-8,11-12,15-17H2,1-5H3. The molecule has 0 spiro atoms. The summed E-state index contributed by atoms with van der Waals surface area (Å²) in [5, 5.41) is 0. The van der Waals surface area contributed by atoms with Gasteiger partial charge in [0.15, 0.2) is 0 Å². The first kappa shape index (κ1) is 20.5. The van der Waals surface area contributed by atoms with Gasteiger partial charge in [-0.15, -0.1) is 0 Å². The summed E-state index contributed by atoms with van der Waals surface area (Å²) >= 11 is 0. The molecule has 0 bridgehead atoms. The van der Waals surface area contributed by atoms with Gasteiger partial charge in [-0.25, -0.2) is 0 Å². The summed E-state index contributed by atoms with van der Waals surface area (Å²) in [6.07, 6.45) is 8.99. The van der Waals surface area contributed by atoms with Crippen molar-refractivity contribution in [3.63, 3.8) is 0 Å². The van der Waals surface area contributed by atoms with Crippen LogP contribution in [0.1, 0.15) is 82.8 Å². The molecule has 1 fully saturated rings. The van der Waals surface area contributed by atoms with Gasteiger partial charge in [0.2, 0.25) is 0 Å². The maximum Gasteiger partial charge on any atom is 0.0954 e. The zero-order valence-corrected chi connectivity index (χ0v) is 17.0. The molecule has 0 heterocycles. The molecule has 2 unspecified atom stereocenters. The lowest BCUT2D eigenvalue weighted by atomic mass is 9.72. The Balaban J connectivity index is 2.32. The second-order valence-electron chi connectivity index (χ2n) is 8.26. The largest absolute Gasteiger partial charge is 0.385 e. The topological polar surface area (TPSA) is 18.5 Å². The monoisotopic (exact) mass is 346 g/mol. The van der Waals surface area contributed by atoms with Crippen molar-refractivity contribution in [2.45, 2.75) is 77.2 Å². The van der Waals surface area contributed by atoms with Crippen molar-refractivity contribution in [2.24, 2.45) is 11.8 Å². The average Bonchev–Trinajstić information content (AvgIpc) is 2.65. The van der Waals surface area contributed by atoms with Crippen molar-refractivity contribution < 1.29 is 9.47 Å². The minimum atomic E-state index is -0.242. The Labute approximate surface area is 155 Å². The van der Waals surface area contributed by atoms with Crippen LogP contribution in [0.3, 0.4) is 0 Å². The fourth-order valence-electron chi connectivity index (χ4n) is 4.71. The van der Waals surface area contributed by atoms with E-state index >= 15 is 0 Å². The summed E-state index contributed by atoms with van der Waals surface area (Å²) in [7, 11) is 3.68. The molecule has 0 aromatic heterocycles. The Hall–Kier alpha value is -0.860. The van der Waals surface area contributed by atoms with Gasteiger partial charge in [0.1, 0.15) is 0 Å². The highest BCUT2D eigenvalue weighted by Gasteiger charge is 2.37. The minimum absolute atomic E-state index is 0.242. The SMILES string of the molecule is COCCC(CC(C)C1CCCCC1)(OC)c1ccccc1C(C)C. The zero-order chi connectivity index (χ0) is 18.3. The van der Waals surface area contributed by atoms with Crippen LogP contribution in [0.2, 0.25) is 0 Å². The highest BCUT2D eigenvalue weighted by molar-refractivity contribution is 5.35. The van der Waals surface area contributed by atoms with Crippen LogP contribution in [-0.2, 0) is 15.1 Å². The Morgan fingerprint density at radius 2 is 1.72 bits per heavy atom. The van der Waals surface area contributed by atoms with Gasteiger partial charge in [-0.1, -0.05) is 77.1 Å². The summed E-state index contributed by atoms with van der Waals surface area (Å²) in [5.41, 5.74) is 2.54. The van der Waals surface area contributed by atoms with E-state index in [1.807, 2.05) is 7.11 Å². The predicted molar refractivity (Wildman–Crippen MR) is 106 cm³/mol. The molecular formula is C23H38O2. The Kier molecular flexibility index (Phi) is 7.96. The van der Waals surface area contributed by atoms with Gasteiger partial charge in [0.25, 0.3) is 0 Å². The summed E-state index contributed by atoms with van der Waals surface area (Å²) in [6.45, 7) is 7.73. The van der Waals surface area contributed by atoms with Crippen LogP contribution >= 0.6 is 0 Å². The summed E-state index contributed by atoms with van der Waals surface area (Å²) in [5.74, 6) is 2.02. The second kappa shape index (κ2) is 9.73. The normalized spacial score (nSPS) is 19.8. The smallest absolute Gasteiger partial charge is 0.0954 e. The molecule has 1 saturated carbocycles. The van der Waals surface area contributed by atoms with Crippen molar-refractivity contribution in [1.82, 2.24) is 0 Å². The first-order valence-corrected chi connectivity index (χ1v) is 10.2. The Bertz CT molecular complexity index is 505. The van der Waals surface area contributed by atoms with Crippen LogP contribution < -0.4 is 0 Å². The molecule has 1 aliphatic carbocycles. The highest BCUT2D eigenvalue weighted by Crippen LogP contribution is 2.43. The van der Waals surface area contributed by atoms with E-state index in [-0.39, 0.29) is 5.60 Å². The molecule has 1 aliphatic rings. The van der Waals surface area contributed by atoms with E-state index in [9.17, 15) is 0 Å². The van der Waals surface area contributed by atoms with E-state index in [0.717, 1.165) is 25.4 Å². The van der Waals surface area contributed by atoms with Crippen molar-refractivity contribution in [3.05, 3.63) is 35.4 Å². The molecule has 2 heteroatoms. The molecule has 1 aromatic rings. The molecule has 0 saturated heterocycles. The van der Waals surface area contributed by atoms with E-state index < -0.39 is 0 Å². The fraction of sp³-hybridized carbons (Fsp3) is 0.739. The van der Waals surface area contributed by atoms with Gasteiger partial charge in [-0.05, 0) is 35.3 Å². The van der Waals surface area contributed by atoms with Gasteiger partial charge in [-0.3, -0.25) is 0 Å². The van der Waals surface area contributed by atoms with Crippen LogP contribution in [0.4, 0.5) is 0 Å². The van der Waals surface area contributed by atoms with Crippen LogP contribution in [0.15, 0.2) is 24.3 Å². The van der Waals surface area contributed by atoms with Crippen LogP contribution in [0.5, 0.6) is 0 Å². The molecule has 142 valence electrons. The van der Waals surface area contributed by atoms with Crippen LogP contribution in [0.25, 0.3) is 0 Å². The molecule has 0 amide bonds. The number of hydrogen-bond donors (Lipinski definition) is 0. The van der Waals surface area contributed by atoms with Crippen molar-refractivity contribution in [2.75, 3.05) is 20.8 Å². The summed E-state index contributed by atoms with van der Waals surface area (Å²) in [6, 6.07) is 8.86. The predicted octanol–water partition coefficient (Wildman–Crippen LogP) is 6.29. The van der Waals surface area contributed by atoms with Crippen LogP contribution in [-0.4, -0.2) is 20.8 Å². The second-order valence-corrected chi connectivity index (χ2v) is 8.26. The molecule has 2 rings (SSSR count). The average molecular weight is 347 g/mol. The molecule has 2 atom stereocenters. The first-order chi connectivity index (χ1) is 12.0. The molecular weight excluding hydrogens is 308 g/mol.